The number of aromatic nitrogens is 1. The Morgan fingerprint density at radius 3 is 2.65 bits per heavy atom. The normalized spacial score (nSPS) is 10.3. The quantitative estimate of drug-likeness (QED) is 0.566. The number of amides is 1. The molecule has 1 amide bonds. The van der Waals surface area contributed by atoms with E-state index in [1.165, 1.54) is 30.2 Å². The first kappa shape index (κ1) is 17.5. The van der Waals surface area contributed by atoms with Gasteiger partial charge in [0.25, 0.3) is 0 Å². The minimum Gasteiger partial charge on any atom is -0.468 e. The zero-order valence-electron chi connectivity index (χ0n) is 13.0. The van der Waals surface area contributed by atoms with Crippen LogP contribution in [-0.4, -0.2) is 35.5 Å². The van der Waals surface area contributed by atoms with E-state index in [0.29, 0.717) is 17.3 Å². The number of methoxy groups -OCH3 is 1. The van der Waals surface area contributed by atoms with Crippen LogP contribution in [0.4, 0.5) is 10.8 Å². The molecule has 1 aromatic carbocycles. The van der Waals surface area contributed by atoms with Crippen LogP contribution in [0.2, 0.25) is 0 Å². The van der Waals surface area contributed by atoms with Gasteiger partial charge in [0, 0.05) is 17.6 Å². The van der Waals surface area contributed by atoms with Crippen LogP contribution in [0, 0.1) is 6.92 Å². The lowest BCUT2D eigenvalue weighted by atomic mass is 10.3. The lowest BCUT2D eigenvalue weighted by Gasteiger charge is -2.20. The van der Waals surface area contributed by atoms with Crippen molar-refractivity contribution in [1.29, 1.82) is 0 Å². The Bertz CT molecular complexity index is 658. The highest BCUT2D eigenvalue weighted by Gasteiger charge is 2.20. The molecule has 0 aliphatic rings. The number of benzene rings is 1. The molecule has 0 spiro atoms. The summed E-state index contributed by atoms with van der Waals surface area (Å²) < 4.78 is 4.58. The van der Waals surface area contributed by atoms with Gasteiger partial charge in [-0.3, -0.25) is 14.5 Å². The van der Waals surface area contributed by atoms with Crippen LogP contribution >= 0.6 is 23.1 Å². The number of carbonyl (C=O) groups is 2. The molecule has 0 saturated carbocycles. The number of thioether (sulfide) groups is 1. The SMILES string of the molecule is COC(=O)CSCCC(=O)N(c1ccccc1)c1nc(C)cs1. The molecule has 0 N–H and O–H groups in total. The van der Waals surface area contributed by atoms with E-state index in [4.69, 9.17) is 0 Å². The summed E-state index contributed by atoms with van der Waals surface area (Å²) in [7, 11) is 1.36. The van der Waals surface area contributed by atoms with Crippen molar-refractivity contribution in [3.63, 3.8) is 0 Å². The Kier molecular flexibility index (Phi) is 6.61. The number of para-hydroxylation sites is 1. The van der Waals surface area contributed by atoms with Gasteiger partial charge in [0.1, 0.15) is 0 Å². The van der Waals surface area contributed by atoms with Gasteiger partial charge in [0.15, 0.2) is 5.13 Å². The zero-order chi connectivity index (χ0) is 16.7. The second-order valence-corrected chi connectivity index (χ2v) is 6.66. The van der Waals surface area contributed by atoms with Crippen LogP contribution in [0.1, 0.15) is 12.1 Å². The van der Waals surface area contributed by atoms with Crippen LogP contribution in [-0.2, 0) is 14.3 Å². The van der Waals surface area contributed by atoms with Gasteiger partial charge < -0.3 is 4.74 Å². The van der Waals surface area contributed by atoms with E-state index >= 15 is 0 Å². The molecule has 0 saturated heterocycles. The summed E-state index contributed by atoms with van der Waals surface area (Å²) in [6.45, 7) is 1.90. The van der Waals surface area contributed by atoms with E-state index in [1.54, 1.807) is 4.90 Å². The molecule has 0 unspecified atom stereocenters. The van der Waals surface area contributed by atoms with Gasteiger partial charge in [-0.2, -0.15) is 0 Å². The molecule has 0 bridgehead atoms. The Morgan fingerprint density at radius 2 is 2.04 bits per heavy atom. The van der Waals surface area contributed by atoms with Crippen molar-refractivity contribution in [2.75, 3.05) is 23.5 Å². The third-order valence-corrected chi connectivity index (χ3v) is 4.85. The summed E-state index contributed by atoms with van der Waals surface area (Å²) in [6, 6.07) is 9.46. The number of nitrogens with zero attached hydrogens (tertiary/aromatic N) is 2. The maximum Gasteiger partial charge on any atom is 0.315 e. The maximum atomic E-state index is 12.6. The predicted octanol–water partition coefficient (Wildman–Crippen LogP) is 3.41. The van der Waals surface area contributed by atoms with Crippen LogP contribution in [0.5, 0.6) is 0 Å². The molecule has 0 aliphatic heterocycles. The zero-order valence-corrected chi connectivity index (χ0v) is 14.7. The first-order chi connectivity index (χ1) is 11.1. The molecule has 23 heavy (non-hydrogen) atoms. The second-order valence-electron chi connectivity index (χ2n) is 4.71. The topological polar surface area (TPSA) is 59.5 Å². The molecule has 7 heteroatoms. The van der Waals surface area contributed by atoms with E-state index in [2.05, 4.69) is 9.72 Å². The number of anilines is 2. The van der Waals surface area contributed by atoms with E-state index in [1.807, 2.05) is 42.6 Å². The molecule has 122 valence electrons. The maximum absolute atomic E-state index is 12.6. The van der Waals surface area contributed by atoms with Crippen LogP contribution in [0.25, 0.3) is 0 Å². The van der Waals surface area contributed by atoms with E-state index in [-0.39, 0.29) is 17.6 Å². The third-order valence-electron chi connectivity index (χ3n) is 2.97. The van der Waals surface area contributed by atoms with Crippen molar-refractivity contribution in [2.45, 2.75) is 13.3 Å². The highest BCUT2D eigenvalue weighted by molar-refractivity contribution is 7.99. The molecular formula is C16H18N2O3S2. The van der Waals surface area contributed by atoms with Gasteiger partial charge >= 0.3 is 5.97 Å². The third kappa shape index (κ3) is 5.07. The van der Waals surface area contributed by atoms with Gasteiger partial charge in [0.2, 0.25) is 5.91 Å². The predicted molar refractivity (Wildman–Crippen MR) is 94.4 cm³/mol. The molecule has 2 aromatic rings. The lowest BCUT2D eigenvalue weighted by molar-refractivity contribution is -0.137. The fraction of sp³-hybridized carbons (Fsp3) is 0.312. The van der Waals surface area contributed by atoms with Crippen molar-refractivity contribution in [2.24, 2.45) is 0 Å². The molecule has 0 fully saturated rings. The Morgan fingerprint density at radius 1 is 1.30 bits per heavy atom. The van der Waals surface area contributed by atoms with Crippen molar-refractivity contribution < 1.29 is 14.3 Å². The minimum absolute atomic E-state index is 0.0390. The minimum atomic E-state index is -0.280. The smallest absolute Gasteiger partial charge is 0.315 e. The summed E-state index contributed by atoms with van der Waals surface area (Å²) >= 11 is 2.83. The van der Waals surface area contributed by atoms with Crippen molar-refractivity contribution in [3.05, 3.63) is 41.4 Å². The van der Waals surface area contributed by atoms with Crippen LogP contribution in [0.3, 0.4) is 0 Å². The van der Waals surface area contributed by atoms with E-state index in [9.17, 15) is 9.59 Å². The van der Waals surface area contributed by atoms with E-state index in [0.717, 1.165) is 11.4 Å². The molecule has 1 heterocycles. The number of ether oxygens (including phenoxy) is 1. The summed E-state index contributed by atoms with van der Waals surface area (Å²) in [5.74, 6) is 0.494. The van der Waals surface area contributed by atoms with Crippen molar-refractivity contribution in [3.8, 4) is 0 Å². The van der Waals surface area contributed by atoms with Crippen molar-refractivity contribution >= 4 is 45.8 Å². The monoisotopic (exact) mass is 350 g/mol. The standard InChI is InChI=1S/C16H18N2O3S2/c1-12-10-23-16(17-12)18(13-6-4-3-5-7-13)14(19)8-9-22-11-15(20)21-2/h3-7,10H,8-9,11H2,1-2H3. The Hall–Kier alpha value is -1.86. The molecular weight excluding hydrogens is 332 g/mol. The average molecular weight is 350 g/mol. The van der Waals surface area contributed by atoms with Gasteiger partial charge in [-0.15, -0.1) is 23.1 Å². The molecule has 0 atom stereocenters. The highest BCUT2D eigenvalue weighted by atomic mass is 32.2. The molecule has 1 aromatic heterocycles. The average Bonchev–Trinajstić information content (AvgIpc) is 2.98. The number of hydrogen-bond donors (Lipinski definition) is 0. The highest BCUT2D eigenvalue weighted by Crippen LogP contribution is 2.29. The van der Waals surface area contributed by atoms with Gasteiger partial charge in [0.05, 0.1) is 24.2 Å². The van der Waals surface area contributed by atoms with Crippen LogP contribution < -0.4 is 4.90 Å². The number of thiazole rings is 1. The fourth-order valence-corrected chi connectivity index (χ4v) is 3.45. The number of rotatable bonds is 7. The number of hydrogen-bond acceptors (Lipinski definition) is 6. The molecule has 2 rings (SSSR count). The Balaban J connectivity index is 2.05. The summed E-state index contributed by atoms with van der Waals surface area (Å²) in [5, 5.41) is 2.58. The molecule has 5 nitrogen and oxygen atoms in total. The Labute approximate surface area is 143 Å². The molecule has 0 aliphatic carbocycles. The summed E-state index contributed by atoms with van der Waals surface area (Å²) in [6.07, 6.45) is 0.329. The largest absolute Gasteiger partial charge is 0.468 e. The van der Waals surface area contributed by atoms with Gasteiger partial charge in [-0.1, -0.05) is 18.2 Å². The first-order valence-electron chi connectivity index (χ1n) is 7.06. The molecule has 0 radical (unpaired) electrons. The first-order valence-corrected chi connectivity index (χ1v) is 9.10. The van der Waals surface area contributed by atoms with Gasteiger partial charge in [-0.25, -0.2) is 4.98 Å². The summed E-state index contributed by atoms with van der Waals surface area (Å²) in [5.41, 5.74) is 1.68. The summed E-state index contributed by atoms with van der Waals surface area (Å²) in [4.78, 5) is 29.8. The number of carbonyl (C=O) groups excluding carboxylic acids is 2. The number of esters is 1. The van der Waals surface area contributed by atoms with E-state index < -0.39 is 0 Å². The van der Waals surface area contributed by atoms with Crippen molar-refractivity contribution in [1.82, 2.24) is 4.98 Å². The van der Waals surface area contributed by atoms with Crippen LogP contribution in [0.15, 0.2) is 35.7 Å². The van der Waals surface area contributed by atoms with Gasteiger partial charge in [-0.05, 0) is 19.1 Å². The second kappa shape index (κ2) is 8.69. The fourth-order valence-electron chi connectivity index (χ4n) is 1.87. The lowest BCUT2D eigenvalue weighted by Crippen LogP contribution is -2.26. The number of aryl methyl sites for hydroxylation is 1.